The van der Waals surface area contributed by atoms with Crippen LogP contribution in [-0.2, 0) is 4.79 Å². The van der Waals surface area contributed by atoms with Gasteiger partial charge in [0.25, 0.3) is 5.91 Å². The molecular formula is C18H14ClF4NO4S2. The largest absolute Gasteiger partial charge is 0.507 e. The number of carboxylic acid groups (broad SMARTS) is 1. The van der Waals surface area contributed by atoms with Gasteiger partial charge in [0.2, 0.25) is 0 Å². The molecule has 1 aliphatic carbocycles. The molecule has 0 saturated carbocycles. The molecule has 3 rings (SSSR count). The predicted octanol–water partition coefficient (Wildman–Crippen LogP) is 5.61. The Hall–Kier alpha value is -1.98. The van der Waals surface area contributed by atoms with E-state index in [1.54, 1.807) is 0 Å². The van der Waals surface area contributed by atoms with Crippen LogP contribution < -0.4 is 0 Å². The summed E-state index contributed by atoms with van der Waals surface area (Å²) in [5, 5.41) is 14.8. The summed E-state index contributed by atoms with van der Waals surface area (Å²) in [6, 6.07) is 1.74. The third-order valence-corrected chi connectivity index (χ3v) is 7.15. The van der Waals surface area contributed by atoms with Gasteiger partial charge in [-0.3, -0.25) is 9.59 Å². The lowest BCUT2D eigenvalue weighted by atomic mass is 9.92. The molecule has 12 heteroatoms. The Bertz CT molecular complexity index is 1000. The fraction of sp³-hybridized carbons (Fsp3) is 0.333. The molecule has 0 bridgehead atoms. The number of aliphatic carboxylic acids is 1. The first-order valence-electron chi connectivity index (χ1n) is 8.43. The molecule has 1 amide bonds. The highest BCUT2D eigenvalue weighted by Gasteiger charge is 2.44. The normalized spacial score (nSPS) is 19.5. The number of nitrogens with zero attached hydrogens (tertiary/aromatic N) is 1. The number of thiophene rings is 1. The number of amides is 1. The zero-order valence-electron chi connectivity index (χ0n) is 15.2. The summed E-state index contributed by atoms with van der Waals surface area (Å²) in [5.74, 6) is -1.99. The lowest BCUT2D eigenvalue weighted by Gasteiger charge is -2.28. The van der Waals surface area contributed by atoms with Crippen molar-refractivity contribution >= 4 is 46.6 Å². The standard InChI is InChI=1S/C18H14ClF4NO4S2/c1-7-8(6-12(26)27)14-9(2-3-10(25)15(14)19)24(7)16(28)11-4-5-13(29-11)30-18(22,23)17(20)21/h3-5,9,17,25H,2,6H2,1H3,(H,26,27). The monoisotopic (exact) mass is 483 g/mol. The molecule has 162 valence electrons. The molecule has 1 aromatic heterocycles. The van der Waals surface area contributed by atoms with Gasteiger partial charge in [0.1, 0.15) is 5.76 Å². The molecule has 5 nitrogen and oxygen atoms in total. The summed E-state index contributed by atoms with van der Waals surface area (Å²) in [4.78, 5) is 25.7. The van der Waals surface area contributed by atoms with Crippen LogP contribution in [0.3, 0.4) is 0 Å². The predicted molar refractivity (Wildman–Crippen MR) is 104 cm³/mol. The van der Waals surface area contributed by atoms with Gasteiger partial charge in [-0.2, -0.15) is 8.78 Å². The van der Waals surface area contributed by atoms with Crippen LogP contribution in [-0.4, -0.2) is 44.7 Å². The number of rotatable bonds is 6. The molecule has 1 unspecified atom stereocenters. The average Bonchev–Trinajstić information content (AvgIpc) is 3.20. The van der Waals surface area contributed by atoms with Crippen LogP contribution in [0.4, 0.5) is 17.6 Å². The van der Waals surface area contributed by atoms with E-state index in [0.717, 1.165) is 6.07 Å². The van der Waals surface area contributed by atoms with E-state index in [1.807, 2.05) is 0 Å². The van der Waals surface area contributed by atoms with Gasteiger partial charge in [-0.05, 0) is 48.9 Å². The number of hydrogen-bond acceptors (Lipinski definition) is 5. The maximum atomic E-state index is 13.3. The zero-order chi connectivity index (χ0) is 22.4. The summed E-state index contributed by atoms with van der Waals surface area (Å²) in [6.45, 7) is 1.52. The Morgan fingerprint density at radius 3 is 2.67 bits per heavy atom. The zero-order valence-corrected chi connectivity index (χ0v) is 17.6. The van der Waals surface area contributed by atoms with Crippen molar-refractivity contribution in [3.8, 4) is 0 Å². The van der Waals surface area contributed by atoms with E-state index in [2.05, 4.69) is 0 Å². The van der Waals surface area contributed by atoms with Crippen LogP contribution in [0.1, 0.15) is 29.4 Å². The molecular weight excluding hydrogens is 470 g/mol. The summed E-state index contributed by atoms with van der Waals surface area (Å²) < 4.78 is 51.3. The fourth-order valence-corrected chi connectivity index (χ4v) is 5.57. The van der Waals surface area contributed by atoms with E-state index in [9.17, 15) is 37.4 Å². The number of carbonyl (C=O) groups excluding carboxylic acids is 1. The lowest BCUT2D eigenvalue weighted by molar-refractivity contribution is -0.136. The number of aliphatic hydroxyl groups is 1. The number of thioether (sulfide) groups is 1. The molecule has 2 aliphatic rings. The number of hydrogen-bond donors (Lipinski definition) is 2. The molecule has 30 heavy (non-hydrogen) atoms. The van der Waals surface area contributed by atoms with E-state index >= 15 is 0 Å². The number of aliphatic hydroxyl groups excluding tert-OH is 1. The molecule has 1 aromatic rings. The van der Waals surface area contributed by atoms with Crippen LogP contribution in [0, 0.1) is 0 Å². The maximum Gasteiger partial charge on any atom is 0.358 e. The van der Waals surface area contributed by atoms with Gasteiger partial charge >= 0.3 is 17.6 Å². The highest BCUT2D eigenvalue weighted by Crippen LogP contribution is 2.46. The Morgan fingerprint density at radius 1 is 1.40 bits per heavy atom. The first-order valence-corrected chi connectivity index (χ1v) is 10.4. The molecule has 2 heterocycles. The molecule has 0 saturated heterocycles. The van der Waals surface area contributed by atoms with Crippen molar-refractivity contribution in [3.05, 3.63) is 50.7 Å². The first kappa shape index (κ1) is 22.7. The molecule has 0 spiro atoms. The minimum atomic E-state index is -4.29. The second-order valence-electron chi connectivity index (χ2n) is 6.46. The number of halogens is 5. The van der Waals surface area contributed by atoms with E-state index in [4.69, 9.17) is 11.6 Å². The second-order valence-corrected chi connectivity index (χ2v) is 9.37. The third-order valence-electron chi connectivity index (χ3n) is 4.59. The Kier molecular flexibility index (Phi) is 6.26. The summed E-state index contributed by atoms with van der Waals surface area (Å²) >= 11 is 6.48. The van der Waals surface area contributed by atoms with Gasteiger partial charge < -0.3 is 15.1 Å². The maximum absolute atomic E-state index is 13.3. The molecule has 1 atom stereocenters. The highest BCUT2D eigenvalue weighted by atomic mass is 35.5. The number of allylic oxidation sites excluding steroid dienone is 2. The minimum Gasteiger partial charge on any atom is -0.507 e. The van der Waals surface area contributed by atoms with Crippen LogP contribution >= 0.6 is 34.7 Å². The quantitative estimate of drug-likeness (QED) is 0.406. The van der Waals surface area contributed by atoms with E-state index < -0.39 is 36.0 Å². The van der Waals surface area contributed by atoms with Crippen molar-refractivity contribution in [1.29, 1.82) is 0 Å². The SMILES string of the molecule is CC1=C(CC(=O)O)C2=C(Cl)C(O)=CCC2N1C(=O)c1ccc(SC(F)(F)C(F)F)s1. The van der Waals surface area contributed by atoms with Crippen LogP contribution in [0.5, 0.6) is 0 Å². The molecule has 0 aromatic carbocycles. The number of carbonyl (C=O) groups is 2. The van der Waals surface area contributed by atoms with Crippen molar-refractivity contribution in [1.82, 2.24) is 4.90 Å². The van der Waals surface area contributed by atoms with Crippen molar-refractivity contribution in [3.63, 3.8) is 0 Å². The van der Waals surface area contributed by atoms with Crippen molar-refractivity contribution < 1.29 is 37.4 Å². The molecule has 0 radical (unpaired) electrons. The average molecular weight is 484 g/mol. The Morgan fingerprint density at radius 2 is 2.07 bits per heavy atom. The number of carboxylic acids is 1. The smallest absolute Gasteiger partial charge is 0.358 e. The highest BCUT2D eigenvalue weighted by molar-refractivity contribution is 8.02. The van der Waals surface area contributed by atoms with Gasteiger partial charge in [0.05, 0.1) is 26.6 Å². The lowest BCUT2D eigenvalue weighted by Crippen LogP contribution is -2.36. The summed E-state index contributed by atoms with van der Waals surface area (Å²) in [5.41, 5.74) is 0.908. The van der Waals surface area contributed by atoms with Gasteiger partial charge in [-0.25, -0.2) is 8.78 Å². The van der Waals surface area contributed by atoms with Crippen molar-refractivity contribution in [2.24, 2.45) is 0 Å². The van der Waals surface area contributed by atoms with Crippen molar-refractivity contribution in [2.75, 3.05) is 0 Å². The fourth-order valence-electron chi connectivity index (χ4n) is 3.31. The van der Waals surface area contributed by atoms with Crippen LogP contribution in [0.15, 0.2) is 50.1 Å². The van der Waals surface area contributed by atoms with Gasteiger partial charge in [0, 0.05) is 11.3 Å². The second kappa shape index (κ2) is 8.27. The van der Waals surface area contributed by atoms with E-state index in [0.29, 0.717) is 22.6 Å². The summed E-state index contributed by atoms with van der Waals surface area (Å²) in [7, 11) is 0. The Balaban J connectivity index is 1.95. The molecule has 0 fully saturated rings. The van der Waals surface area contributed by atoms with Gasteiger partial charge in [-0.1, -0.05) is 11.6 Å². The number of alkyl halides is 4. The third kappa shape index (κ3) is 4.10. The van der Waals surface area contributed by atoms with Crippen LogP contribution in [0.2, 0.25) is 0 Å². The molecule has 2 N–H and O–H groups in total. The van der Waals surface area contributed by atoms with Crippen LogP contribution in [0.25, 0.3) is 0 Å². The van der Waals surface area contributed by atoms with Gasteiger partial charge in [-0.15, -0.1) is 11.3 Å². The molecule has 1 aliphatic heterocycles. The minimum absolute atomic E-state index is 0.0211. The first-order chi connectivity index (χ1) is 13.9. The van der Waals surface area contributed by atoms with Crippen molar-refractivity contribution in [2.45, 2.75) is 41.7 Å². The van der Waals surface area contributed by atoms with Gasteiger partial charge in [0.15, 0.2) is 0 Å². The van der Waals surface area contributed by atoms with E-state index in [1.165, 1.54) is 24.0 Å². The van der Waals surface area contributed by atoms with E-state index in [-0.39, 0.29) is 43.6 Å². The topological polar surface area (TPSA) is 77.8 Å². The summed E-state index contributed by atoms with van der Waals surface area (Å²) in [6.07, 6.45) is -2.73. The Labute approximate surface area is 181 Å². The number of fused-ring (bicyclic) bond motifs is 1.